The van der Waals surface area contributed by atoms with E-state index < -0.39 is 83.1 Å². The molecule has 0 amide bonds. The smallest absolute Gasteiger partial charge is 0.337 e. The van der Waals surface area contributed by atoms with Gasteiger partial charge in [-0.3, -0.25) is 19.3 Å². The molecule has 0 aromatic heterocycles. The Kier molecular flexibility index (Phi) is 10.3. The van der Waals surface area contributed by atoms with E-state index >= 15 is 0 Å². The maximum atomic E-state index is 14.2. The minimum absolute atomic E-state index is 0.0987. The summed E-state index contributed by atoms with van der Waals surface area (Å²) in [5.74, 6) is -3.24. The molecule has 4 rings (SSSR count). The molecule has 3 aliphatic rings. The molecular weight excluding hydrogens is 594 g/mol. The van der Waals surface area contributed by atoms with Crippen LogP contribution in [0.25, 0.3) is 0 Å². The van der Waals surface area contributed by atoms with Crippen LogP contribution in [0.2, 0.25) is 0 Å². The van der Waals surface area contributed by atoms with Gasteiger partial charge in [-0.15, -0.1) is 0 Å². The van der Waals surface area contributed by atoms with Crippen LogP contribution in [-0.2, 0) is 33.4 Å². The van der Waals surface area contributed by atoms with Crippen LogP contribution in [0, 0.1) is 16.7 Å². The highest BCUT2D eigenvalue weighted by molar-refractivity contribution is 5.92. The molecule has 1 aromatic carbocycles. The fourth-order valence-electron chi connectivity index (χ4n) is 7.67. The van der Waals surface area contributed by atoms with Gasteiger partial charge in [0, 0.05) is 26.2 Å². The molecule has 0 spiro atoms. The molecule has 0 radical (unpaired) electrons. The Morgan fingerprint density at radius 1 is 0.935 bits per heavy atom. The zero-order chi connectivity index (χ0) is 34.3. The molecule has 1 saturated carbocycles. The van der Waals surface area contributed by atoms with Crippen LogP contribution in [0.3, 0.4) is 0 Å². The van der Waals surface area contributed by atoms with Crippen LogP contribution in [0.4, 0.5) is 0 Å². The summed E-state index contributed by atoms with van der Waals surface area (Å²) >= 11 is 0. The number of carbonyl (C=O) groups excluding carboxylic acids is 4. The number of carbonyl (C=O) groups is 4. The minimum atomic E-state index is -1.65. The number of ether oxygens (including phenoxy) is 3. The Bertz CT molecular complexity index is 1420. The third-order valence-electron chi connectivity index (χ3n) is 10.1. The average Bonchev–Trinajstić information content (AvgIpc) is 2.95. The lowest BCUT2D eigenvalue weighted by Gasteiger charge is -2.51. The lowest BCUT2D eigenvalue weighted by atomic mass is 9.57. The lowest BCUT2D eigenvalue weighted by Crippen LogP contribution is -2.56. The number of likely N-dealkylation sites (N-methyl/N-ethyl adjacent to an activating group) is 1. The molecule has 0 saturated heterocycles. The van der Waals surface area contributed by atoms with Crippen molar-refractivity contribution in [3.63, 3.8) is 0 Å². The standard InChI is InChI=1S/C35H47NO10/c1-18-24(44-19(2)37)15-23-26(45-20(3)38)14-22-17-35(6,32(42)30(40)28(18)34(23,4)5)27(39)16-25(22)46-33(43)31(41)29(36(7)8)21-12-10-9-11-13-21/h9-14,23-27,29-31,39-41H,15-17H2,1-8H3/b22-14+/t23-,24-,25-,26+,27-,29-,30+,31+,35-/m0/s1. The van der Waals surface area contributed by atoms with Gasteiger partial charge in [-0.2, -0.15) is 0 Å². The predicted molar refractivity (Wildman–Crippen MR) is 167 cm³/mol. The van der Waals surface area contributed by atoms with Gasteiger partial charge in [-0.05, 0) is 74.6 Å². The molecule has 3 N–H and O–H groups in total. The van der Waals surface area contributed by atoms with Crippen molar-refractivity contribution >= 4 is 23.7 Å². The second kappa shape index (κ2) is 13.4. The zero-order valence-corrected chi connectivity index (χ0v) is 27.9. The van der Waals surface area contributed by atoms with Crippen LogP contribution in [-0.4, -0.2) is 94.6 Å². The third-order valence-corrected chi connectivity index (χ3v) is 10.1. The number of benzene rings is 1. The van der Waals surface area contributed by atoms with Crippen LogP contribution < -0.4 is 0 Å². The van der Waals surface area contributed by atoms with Crippen LogP contribution >= 0.6 is 0 Å². The number of hydrogen-bond donors (Lipinski definition) is 3. The average molecular weight is 642 g/mol. The van der Waals surface area contributed by atoms with Crippen molar-refractivity contribution in [3.8, 4) is 0 Å². The van der Waals surface area contributed by atoms with Crippen LogP contribution in [0.15, 0.2) is 53.1 Å². The molecule has 252 valence electrons. The summed E-state index contributed by atoms with van der Waals surface area (Å²) < 4.78 is 17.4. The largest absolute Gasteiger partial charge is 0.458 e. The maximum absolute atomic E-state index is 14.2. The van der Waals surface area contributed by atoms with E-state index in [1.165, 1.54) is 13.8 Å². The Hall–Kier alpha value is -3.38. The Morgan fingerprint density at radius 3 is 2.11 bits per heavy atom. The first kappa shape index (κ1) is 35.5. The van der Waals surface area contributed by atoms with Crippen molar-refractivity contribution in [2.45, 2.75) is 103 Å². The van der Waals surface area contributed by atoms with Gasteiger partial charge in [0.1, 0.15) is 24.4 Å². The molecule has 0 heterocycles. The van der Waals surface area contributed by atoms with E-state index in [0.717, 1.165) is 0 Å². The van der Waals surface area contributed by atoms with Gasteiger partial charge >= 0.3 is 17.9 Å². The molecule has 9 atom stereocenters. The number of esters is 3. The minimum Gasteiger partial charge on any atom is -0.458 e. The molecule has 11 nitrogen and oxygen atoms in total. The van der Waals surface area contributed by atoms with Gasteiger partial charge in [0.05, 0.1) is 17.6 Å². The van der Waals surface area contributed by atoms with Crippen molar-refractivity contribution in [1.29, 1.82) is 0 Å². The zero-order valence-electron chi connectivity index (χ0n) is 27.9. The van der Waals surface area contributed by atoms with Gasteiger partial charge in [0.2, 0.25) is 0 Å². The van der Waals surface area contributed by atoms with E-state index in [-0.39, 0.29) is 19.3 Å². The van der Waals surface area contributed by atoms with E-state index in [2.05, 4.69) is 0 Å². The topological polar surface area (TPSA) is 160 Å². The fourth-order valence-corrected chi connectivity index (χ4v) is 7.67. The van der Waals surface area contributed by atoms with Crippen LogP contribution in [0.1, 0.15) is 72.4 Å². The molecule has 11 heteroatoms. The Morgan fingerprint density at radius 2 is 1.54 bits per heavy atom. The monoisotopic (exact) mass is 641 g/mol. The summed E-state index contributed by atoms with van der Waals surface area (Å²) in [6.07, 6.45) is -5.77. The molecule has 0 aliphatic heterocycles. The Labute approximate surface area is 270 Å². The van der Waals surface area contributed by atoms with Crippen molar-refractivity contribution in [2.75, 3.05) is 14.1 Å². The first-order valence-electron chi connectivity index (χ1n) is 15.7. The highest BCUT2D eigenvalue weighted by Crippen LogP contribution is 2.53. The van der Waals surface area contributed by atoms with E-state index in [1.807, 2.05) is 19.9 Å². The lowest BCUT2D eigenvalue weighted by molar-refractivity contribution is -0.167. The molecular formula is C35H47NO10. The van der Waals surface area contributed by atoms with Crippen molar-refractivity contribution in [2.24, 2.45) is 16.7 Å². The highest BCUT2D eigenvalue weighted by Gasteiger charge is 2.56. The second-order valence-electron chi connectivity index (χ2n) is 13.9. The molecule has 4 bridgehead atoms. The van der Waals surface area contributed by atoms with E-state index in [9.17, 15) is 34.5 Å². The SMILES string of the molecule is CC(=O)O[C@H]1C[C@H]2[C@H](OC(C)=O)/C=C3\C[C@](C)(C(=O)[C@H](O)C(=C1C)C2(C)C)[C@@H](O)C[C@@H]3OC(=O)[C@H](O)[C@H](c1ccccc1)N(C)C. The number of Topliss-reactive ketones (excluding diaryl/α,β-unsaturated/α-hetero) is 1. The first-order valence-corrected chi connectivity index (χ1v) is 15.7. The number of aliphatic hydroxyl groups is 3. The van der Waals surface area contributed by atoms with Gasteiger partial charge in [0.15, 0.2) is 11.9 Å². The normalized spacial score (nSPS) is 33.3. The summed E-state index contributed by atoms with van der Waals surface area (Å²) in [6.45, 7) is 9.47. The molecule has 0 unspecified atom stereocenters. The Balaban J connectivity index is 1.82. The van der Waals surface area contributed by atoms with E-state index in [1.54, 1.807) is 63.2 Å². The number of rotatable bonds is 7. The van der Waals surface area contributed by atoms with Gasteiger partial charge < -0.3 is 29.5 Å². The summed E-state index contributed by atoms with van der Waals surface area (Å²) in [5.41, 5.74) is -0.440. The number of fused-ring (bicyclic) bond motifs is 4. The van der Waals surface area contributed by atoms with Gasteiger partial charge in [0.25, 0.3) is 0 Å². The number of ketones is 1. The fraction of sp³-hybridized carbons (Fsp3) is 0.600. The molecule has 3 aliphatic carbocycles. The highest BCUT2D eigenvalue weighted by atomic mass is 16.6. The summed E-state index contributed by atoms with van der Waals surface area (Å²) in [5, 5.41) is 34.4. The number of aliphatic hydroxyl groups excluding tert-OH is 3. The summed E-state index contributed by atoms with van der Waals surface area (Å²) in [4.78, 5) is 54.0. The van der Waals surface area contributed by atoms with E-state index in [0.29, 0.717) is 22.3 Å². The summed E-state index contributed by atoms with van der Waals surface area (Å²) in [6, 6.07) is 8.28. The first-order chi connectivity index (χ1) is 21.4. The molecule has 46 heavy (non-hydrogen) atoms. The number of nitrogens with zero attached hydrogens (tertiary/aromatic N) is 1. The van der Waals surface area contributed by atoms with Crippen molar-refractivity contribution in [1.82, 2.24) is 4.90 Å². The van der Waals surface area contributed by atoms with E-state index in [4.69, 9.17) is 14.2 Å². The maximum Gasteiger partial charge on any atom is 0.337 e. The predicted octanol–water partition coefficient (Wildman–Crippen LogP) is 2.82. The molecule has 1 fully saturated rings. The van der Waals surface area contributed by atoms with Crippen LogP contribution in [0.5, 0.6) is 0 Å². The van der Waals surface area contributed by atoms with Crippen molar-refractivity contribution < 1.29 is 48.7 Å². The van der Waals surface area contributed by atoms with Gasteiger partial charge in [-0.1, -0.05) is 44.2 Å². The second-order valence-corrected chi connectivity index (χ2v) is 13.9. The van der Waals surface area contributed by atoms with Crippen molar-refractivity contribution in [3.05, 3.63) is 58.7 Å². The van der Waals surface area contributed by atoms with Gasteiger partial charge in [-0.25, -0.2) is 4.79 Å². The molecule has 1 aromatic rings. The third kappa shape index (κ3) is 6.69. The summed E-state index contributed by atoms with van der Waals surface area (Å²) in [7, 11) is 3.46. The number of hydrogen-bond acceptors (Lipinski definition) is 11. The quantitative estimate of drug-likeness (QED) is 0.228.